The number of rotatable bonds is 5. The predicted octanol–water partition coefficient (Wildman–Crippen LogP) is 2.01. The smallest absolute Gasteiger partial charge is 0.265 e. The van der Waals surface area contributed by atoms with Gasteiger partial charge in [0, 0.05) is 27.4 Å². The molecule has 1 amide bonds. The molecule has 1 aromatic rings. The molecule has 0 bridgehead atoms. The van der Waals surface area contributed by atoms with Crippen molar-refractivity contribution in [3.8, 4) is 0 Å². The molecule has 0 saturated heterocycles. The molecule has 0 aliphatic carbocycles. The summed E-state index contributed by atoms with van der Waals surface area (Å²) in [5, 5.41) is 0.784. The Hall–Kier alpha value is -1.07. The quantitative estimate of drug-likeness (QED) is 0.595. The number of pyridine rings is 1. The van der Waals surface area contributed by atoms with Crippen LogP contribution in [0.4, 0.5) is 0 Å². The second-order valence-corrected chi connectivity index (χ2v) is 5.06. The number of ether oxygens (including phenoxy) is 1. The molecule has 1 heterocycles. The van der Waals surface area contributed by atoms with Crippen molar-refractivity contribution in [1.29, 1.82) is 0 Å². The third kappa shape index (κ3) is 3.20. The molecule has 1 atom stereocenters. The van der Waals surface area contributed by atoms with Crippen molar-refractivity contribution < 1.29 is 9.53 Å². The van der Waals surface area contributed by atoms with Gasteiger partial charge in [0.25, 0.3) is 5.91 Å². The van der Waals surface area contributed by atoms with Crippen LogP contribution in [-0.2, 0) is 9.53 Å². The van der Waals surface area contributed by atoms with Crippen molar-refractivity contribution in [1.82, 2.24) is 9.88 Å². The first-order valence-electron chi connectivity index (χ1n) is 5.42. The van der Waals surface area contributed by atoms with Gasteiger partial charge in [0.15, 0.2) is 4.93 Å². The van der Waals surface area contributed by atoms with Crippen LogP contribution in [0.15, 0.2) is 29.4 Å². The SMILES string of the molecule is CCC(OC)(Sc1ccccn1)C(=O)N(C)C. The Morgan fingerprint density at radius 2 is 2.24 bits per heavy atom. The van der Waals surface area contributed by atoms with Gasteiger partial charge in [-0.05, 0) is 18.6 Å². The monoisotopic (exact) mass is 254 g/mol. The minimum absolute atomic E-state index is 0.0573. The van der Waals surface area contributed by atoms with Gasteiger partial charge in [-0.15, -0.1) is 0 Å². The first kappa shape index (κ1) is 14.0. The van der Waals surface area contributed by atoms with Gasteiger partial charge < -0.3 is 9.64 Å². The van der Waals surface area contributed by atoms with Gasteiger partial charge in [0.1, 0.15) is 0 Å². The maximum absolute atomic E-state index is 12.2. The van der Waals surface area contributed by atoms with Crippen molar-refractivity contribution in [3.63, 3.8) is 0 Å². The van der Waals surface area contributed by atoms with E-state index in [0.717, 1.165) is 5.03 Å². The average Bonchev–Trinajstić information content (AvgIpc) is 2.36. The summed E-state index contributed by atoms with van der Waals surface area (Å²) >= 11 is 1.35. The van der Waals surface area contributed by atoms with Crippen molar-refractivity contribution in [2.75, 3.05) is 21.2 Å². The number of carbonyl (C=O) groups excluding carboxylic acids is 1. The molecule has 4 nitrogen and oxygen atoms in total. The first-order valence-corrected chi connectivity index (χ1v) is 6.24. The maximum atomic E-state index is 12.2. The normalized spacial score (nSPS) is 14.1. The summed E-state index contributed by atoms with van der Waals surface area (Å²) in [7, 11) is 5.01. The van der Waals surface area contributed by atoms with Gasteiger partial charge in [-0.25, -0.2) is 4.98 Å². The molecule has 0 aromatic carbocycles. The Morgan fingerprint density at radius 1 is 1.53 bits per heavy atom. The summed E-state index contributed by atoms with van der Waals surface area (Å²) in [5.74, 6) is -0.0573. The zero-order valence-electron chi connectivity index (χ0n) is 10.6. The van der Waals surface area contributed by atoms with Gasteiger partial charge in [-0.2, -0.15) is 0 Å². The van der Waals surface area contributed by atoms with Crippen LogP contribution in [0.1, 0.15) is 13.3 Å². The van der Waals surface area contributed by atoms with Gasteiger partial charge in [0.05, 0.1) is 5.03 Å². The minimum atomic E-state index is -0.891. The number of thioether (sulfide) groups is 1. The van der Waals surface area contributed by atoms with Crippen LogP contribution in [0.3, 0.4) is 0 Å². The Labute approximate surface area is 106 Å². The van der Waals surface area contributed by atoms with Crippen molar-refractivity contribution in [3.05, 3.63) is 24.4 Å². The van der Waals surface area contributed by atoms with Gasteiger partial charge in [-0.3, -0.25) is 4.79 Å². The van der Waals surface area contributed by atoms with E-state index >= 15 is 0 Å². The van der Waals surface area contributed by atoms with E-state index in [2.05, 4.69) is 4.98 Å². The molecule has 0 radical (unpaired) electrons. The van der Waals surface area contributed by atoms with E-state index in [1.807, 2.05) is 25.1 Å². The number of amides is 1. The average molecular weight is 254 g/mol. The van der Waals surface area contributed by atoms with Crippen LogP contribution < -0.4 is 0 Å². The molecule has 0 aliphatic rings. The lowest BCUT2D eigenvalue weighted by molar-refractivity contribution is -0.142. The molecule has 0 spiro atoms. The fourth-order valence-electron chi connectivity index (χ4n) is 1.46. The highest BCUT2D eigenvalue weighted by Crippen LogP contribution is 2.36. The summed E-state index contributed by atoms with van der Waals surface area (Å²) < 4.78 is 5.45. The Bertz CT molecular complexity index is 364. The summed E-state index contributed by atoms with van der Waals surface area (Å²) in [5.41, 5.74) is 0. The molecule has 1 rings (SSSR count). The van der Waals surface area contributed by atoms with Gasteiger partial charge in [-0.1, -0.05) is 24.8 Å². The topological polar surface area (TPSA) is 42.4 Å². The number of nitrogens with zero attached hydrogens (tertiary/aromatic N) is 2. The lowest BCUT2D eigenvalue weighted by atomic mass is 10.2. The van der Waals surface area contributed by atoms with Crippen molar-refractivity contribution in [2.24, 2.45) is 0 Å². The second-order valence-electron chi connectivity index (χ2n) is 3.78. The van der Waals surface area contributed by atoms with Crippen LogP contribution in [0.2, 0.25) is 0 Å². The van der Waals surface area contributed by atoms with E-state index in [4.69, 9.17) is 4.74 Å². The number of aromatic nitrogens is 1. The fourth-order valence-corrected chi connectivity index (χ4v) is 2.55. The molecule has 17 heavy (non-hydrogen) atoms. The third-order valence-electron chi connectivity index (χ3n) is 2.43. The highest BCUT2D eigenvalue weighted by Gasteiger charge is 2.39. The lowest BCUT2D eigenvalue weighted by Gasteiger charge is -2.31. The van der Waals surface area contributed by atoms with Gasteiger partial charge in [0.2, 0.25) is 0 Å². The van der Waals surface area contributed by atoms with Gasteiger partial charge >= 0.3 is 0 Å². The maximum Gasteiger partial charge on any atom is 0.265 e. The molecular weight excluding hydrogens is 236 g/mol. The summed E-state index contributed by atoms with van der Waals surface area (Å²) in [6, 6.07) is 5.61. The molecule has 0 N–H and O–H groups in total. The largest absolute Gasteiger partial charge is 0.358 e. The number of hydrogen-bond acceptors (Lipinski definition) is 4. The molecule has 5 heteroatoms. The standard InChI is InChI=1S/C12H18N2O2S/c1-5-12(16-4,11(15)14(2)3)17-10-8-6-7-9-13-10/h6-9H,5H2,1-4H3. The summed E-state index contributed by atoms with van der Waals surface area (Å²) in [4.78, 5) is 17.1. The van der Waals surface area contributed by atoms with E-state index in [1.54, 1.807) is 32.3 Å². The Morgan fingerprint density at radius 3 is 2.65 bits per heavy atom. The van der Waals surface area contributed by atoms with Crippen molar-refractivity contribution in [2.45, 2.75) is 23.3 Å². The third-order valence-corrected chi connectivity index (χ3v) is 3.84. The second kappa shape index (κ2) is 6.02. The molecular formula is C12H18N2O2S. The van der Waals surface area contributed by atoms with Crippen LogP contribution >= 0.6 is 11.8 Å². The van der Waals surface area contributed by atoms with Crippen LogP contribution in [0.5, 0.6) is 0 Å². The van der Waals surface area contributed by atoms with E-state index in [-0.39, 0.29) is 5.91 Å². The highest BCUT2D eigenvalue weighted by atomic mass is 32.2. The summed E-state index contributed by atoms with van der Waals surface area (Å²) in [6.07, 6.45) is 2.29. The lowest BCUT2D eigenvalue weighted by Crippen LogP contribution is -2.44. The van der Waals surface area contributed by atoms with E-state index in [0.29, 0.717) is 6.42 Å². The van der Waals surface area contributed by atoms with Crippen molar-refractivity contribution >= 4 is 17.7 Å². The summed E-state index contributed by atoms with van der Waals surface area (Å²) in [6.45, 7) is 1.93. The highest BCUT2D eigenvalue weighted by molar-refractivity contribution is 8.01. The predicted molar refractivity (Wildman–Crippen MR) is 68.8 cm³/mol. The van der Waals surface area contributed by atoms with Crippen LogP contribution in [0, 0.1) is 0 Å². The Kier molecular flexibility index (Phi) is 4.96. The molecule has 1 aromatic heterocycles. The van der Waals surface area contributed by atoms with Crippen LogP contribution in [-0.4, -0.2) is 41.9 Å². The van der Waals surface area contributed by atoms with E-state index < -0.39 is 4.93 Å². The number of hydrogen-bond donors (Lipinski definition) is 0. The zero-order chi connectivity index (χ0) is 12.9. The molecule has 94 valence electrons. The molecule has 1 unspecified atom stereocenters. The number of methoxy groups -OCH3 is 1. The zero-order valence-corrected chi connectivity index (χ0v) is 11.5. The van der Waals surface area contributed by atoms with E-state index in [1.165, 1.54) is 11.8 Å². The molecule has 0 saturated carbocycles. The minimum Gasteiger partial charge on any atom is -0.358 e. The Balaban J connectivity index is 2.97. The van der Waals surface area contributed by atoms with E-state index in [9.17, 15) is 4.79 Å². The van der Waals surface area contributed by atoms with Crippen LogP contribution in [0.25, 0.3) is 0 Å². The fraction of sp³-hybridized carbons (Fsp3) is 0.500. The molecule has 0 aliphatic heterocycles. The first-order chi connectivity index (χ1) is 8.05. The molecule has 0 fully saturated rings. The number of carbonyl (C=O) groups is 1. The number of likely N-dealkylation sites (N-methyl/N-ethyl adjacent to an activating group) is 1.